The minimum atomic E-state index is -0.266. The van der Waals surface area contributed by atoms with Gasteiger partial charge >= 0.3 is 0 Å². The summed E-state index contributed by atoms with van der Waals surface area (Å²) in [6.45, 7) is 12.3. The van der Waals surface area contributed by atoms with Gasteiger partial charge in [-0.05, 0) is 20.8 Å². The van der Waals surface area contributed by atoms with Crippen molar-refractivity contribution < 1.29 is 9.53 Å². The summed E-state index contributed by atoms with van der Waals surface area (Å²) in [6, 6.07) is 0.443. The highest BCUT2D eigenvalue weighted by molar-refractivity contribution is 5.81. The Balaban J connectivity index is 4.33. The van der Waals surface area contributed by atoms with Gasteiger partial charge in [0, 0.05) is 31.7 Å². The zero-order valence-corrected chi connectivity index (χ0v) is 11.0. The van der Waals surface area contributed by atoms with Gasteiger partial charge in [-0.2, -0.15) is 0 Å². The van der Waals surface area contributed by atoms with Crippen LogP contribution in [0.15, 0.2) is 0 Å². The van der Waals surface area contributed by atoms with Gasteiger partial charge in [-0.25, -0.2) is 0 Å². The molecule has 3 heteroatoms. The Morgan fingerprint density at radius 3 is 2.27 bits per heavy atom. The van der Waals surface area contributed by atoms with Crippen molar-refractivity contribution in [1.82, 2.24) is 4.90 Å². The third-order valence-electron chi connectivity index (χ3n) is 2.86. The second-order valence-corrected chi connectivity index (χ2v) is 5.00. The maximum absolute atomic E-state index is 11.4. The number of hydrogen-bond donors (Lipinski definition) is 0. The first-order chi connectivity index (χ1) is 6.81. The Morgan fingerprint density at radius 1 is 1.40 bits per heavy atom. The van der Waals surface area contributed by atoms with Crippen LogP contribution >= 0.6 is 0 Å². The fourth-order valence-electron chi connectivity index (χ4n) is 1.35. The summed E-state index contributed by atoms with van der Waals surface area (Å²) in [5.41, 5.74) is -0.266. The minimum Gasteiger partial charge on any atom is -0.383 e. The van der Waals surface area contributed by atoms with Gasteiger partial charge in [-0.3, -0.25) is 9.69 Å². The van der Waals surface area contributed by atoms with Gasteiger partial charge in [0.1, 0.15) is 5.78 Å². The van der Waals surface area contributed by atoms with Crippen LogP contribution in [-0.4, -0.2) is 43.5 Å². The van der Waals surface area contributed by atoms with Crippen LogP contribution in [0.2, 0.25) is 0 Å². The van der Waals surface area contributed by atoms with E-state index in [-0.39, 0.29) is 11.2 Å². The molecule has 0 spiro atoms. The van der Waals surface area contributed by atoms with Crippen LogP contribution in [0.5, 0.6) is 0 Å². The largest absolute Gasteiger partial charge is 0.383 e. The van der Waals surface area contributed by atoms with Crippen LogP contribution in [-0.2, 0) is 9.53 Å². The summed E-state index contributed by atoms with van der Waals surface area (Å²) >= 11 is 0. The lowest BCUT2D eigenvalue weighted by Crippen LogP contribution is -2.43. The normalized spacial score (nSPS) is 12.5. The predicted molar refractivity (Wildman–Crippen MR) is 63.0 cm³/mol. The number of methoxy groups -OCH3 is 1. The molecule has 0 aliphatic rings. The highest BCUT2D eigenvalue weighted by atomic mass is 16.5. The Labute approximate surface area is 93.8 Å². The molecule has 0 aliphatic heterocycles. The zero-order chi connectivity index (χ0) is 12.1. The fraction of sp³-hybridized carbons (Fsp3) is 0.917. The van der Waals surface area contributed by atoms with E-state index in [0.29, 0.717) is 12.6 Å². The molecule has 0 unspecified atom stereocenters. The van der Waals surface area contributed by atoms with E-state index >= 15 is 0 Å². The van der Waals surface area contributed by atoms with E-state index in [4.69, 9.17) is 4.74 Å². The molecule has 0 rings (SSSR count). The van der Waals surface area contributed by atoms with Crippen molar-refractivity contribution >= 4 is 5.78 Å². The van der Waals surface area contributed by atoms with E-state index in [9.17, 15) is 4.79 Å². The Hall–Kier alpha value is -0.410. The Morgan fingerprint density at radius 2 is 1.93 bits per heavy atom. The summed E-state index contributed by atoms with van der Waals surface area (Å²) < 4.78 is 5.07. The highest BCUT2D eigenvalue weighted by Gasteiger charge is 2.27. The lowest BCUT2D eigenvalue weighted by Gasteiger charge is -2.33. The van der Waals surface area contributed by atoms with Crippen LogP contribution in [0.1, 0.15) is 34.6 Å². The summed E-state index contributed by atoms with van der Waals surface area (Å²) in [5, 5.41) is 0. The van der Waals surface area contributed by atoms with E-state index < -0.39 is 0 Å². The summed E-state index contributed by atoms with van der Waals surface area (Å²) in [5.74, 6) is 0.241. The second-order valence-electron chi connectivity index (χ2n) is 5.00. The lowest BCUT2D eigenvalue weighted by atomic mass is 9.88. The SMILES string of the molecule is COCCN(CC(C)(C)C(C)=O)C(C)C. The van der Waals surface area contributed by atoms with Crippen LogP contribution in [0.25, 0.3) is 0 Å². The number of carbonyl (C=O) groups is 1. The van der Waals surface area contributed by atoms with E-state index in [1.54, 1.807) is 14.0 Å². The van der Waals surface area contributed by atoms with E-state index in [1.807, 2.05) is 13.8 Å². The number of rotatable bonds is 7. The minimum absolute atomic E-state index is 0.241. The molecule has 15 heavy (non-hydrogen) atoms. The fourth-order valence-corrected chi connectivity index (χ4v) is 1.35. The van der Waals surface area contributed by atoms with Crippen LogP contribution in [0.4, 0.5) is 0 Å². The molecule has 0 aromatic carbocycles. The van der Waals surface area contributed by atoms with Crippen molar-refractivity contribution in [3.63, 3.8) is 0 Å². The predicted octanol–water partition coefficient (Wildman–Crippen LogP) is 1.96. The third-order valence-corrected chi connectivity index (χ3v) is 2.86. The number of ketones is 1. The summed E-state index contributed by atoms with van der Waals surface area (Å²) in [6.07, 6.45) is 0. The monoisotopic (exact) mass is 215 g/mol. The molecule has 90 valence electrons. The molecule has 0 radical (unpaired) electrons. The van der Waals surface area contributed by atoms with Crippen LogP contribution < -0.4 is 0 Å². The first kappa shape index (κ1) is 14.6. The van der Waals surface area contributed by atoms with E-state index in [0.717, 1.165) is 13.1 Å². The van der Waals surface area contributed by atoms with Crippen molar-refractivity contribution in [3.05, 3.63) is 0 Å². The van der Waals surface area contributed by atoms with Gasteiger partial charge in [-0.1, -0.05) is 13.8 Å². The van der Waals surface area contributed by atoms with Crippen molar-refractivity contribution in [2.45, 2.75) is 40.7 Å². The van der Waals surface area contributed by atoms with Crippen LogP contribution in [0, 0.1) is 5.41 Å². The number of hydrogen-bond acceptors (Lipinski definition) is 3. The molecule has 0 saturated carbocycles. The molecule has 0 N–H and O–H groups in total. The molecule has 0 aromatic heterocycles. The molecule has 0 atom stereocenters. The first-order valence-corrected chi connectivity index (χ1v) is 5.55. The molecule has 0 saturated heterocycles. The molecular weight excluding hydrogens is 190 g/mol. The highest BCUT2D eigenvalue weighted by Crippen LogP contribution is 2.19. The van der Waals surface area contributed by atoms with Gasteiger partial charge in [0.2, 0.25) is 0 Å². The van der Waals surface area contributed by atoms with Gasteiger partial charge in [0.05, 0.1) is 6.61 Å². The molecule has 0 fully saturated rings. The smallest absolute Gasteiger partial charge is 0.136 e. The van der Waals surface area contributed by atoms with E-state index in [1.165, 1.54) is 0 Å². The average Bonchev–Trinajstić information content (AvgIpc) is 2.11. The van der Waals surface area contributed by atoms with Gasteiger partial charge < -0.3 is 4.74 Å². The van der Waals surface area contributed by atoms with Crippen molar-refractivity contribution in [2.24, 2.45) is 5.41 Å². The lowest BCUT2D eigenvalue weighted by molar-refractivity contribution is -0.126. The molecule has 3 nitrogen and oxygen atoms in total. The quantitative estimate of drug-likeness (QED) is 0.650. The third kappa shape index (κ3) is 5.28. The zero-order valence-electron chi connectivity index (χ0n) is 11.0. The number of nitrogens with zero attached hydrogens (tertiary/aromatic N) is 1. The molecule has 0 amide bonds. The van der Waals surface area contributed by atoms with Crippen molar-refractivity contribution in [3.8, 4) is 0 Å². The molecular formula is C12H25NO2. The topological polar surface area (TPSA) is 29.5 Å². The van der Waals surface area contributed by atoms with Gasteiger partial charge in [0.25, 0.3) is 0 Å². The average molecular weight is 215 g/mol. The standard InChI is InChI=1S/C12H25NO2/c1-10(2)13(7-8-15-6)9-12(4,5)11(3)14/h10H,7-9H2,1-6H3. The van der Waals surface area contributed by atoms with Crippen molar-refractivity contribution in [2.75, 3.05) is 26.8 Å². The first-order valence-electron chi connectivity index (χ1n) is 5.55. The maximum Gasteiger partial charge on any atom is 0.136 e. The Bertz CT molecular complexity index is 200. The summed E-state index contributed by atoms with van der Waals surface area (Å²) in [7, 11) is 1.70. The van der Waals surface area contributed by atoms with E-state index in [2.05, 4.69) is 18.7 Å². The van der Waals surface area contributed by atoms with Gasteiger partial charge in [-0.15, -0.1) is 0 Å². The molecule has 0 aromatic rings. The number of Topliss-reactive ketones (excluding diaryl/α,β-unsaturated/α-hetero) is 1. The number of carbonyl (C=O) groups excluding carboxylic acids is 1. The second kappa shape index (κ2) is 6.23. The number of ether oxygens (including phenoxy) is 1. The van der Waals surface area contributed by atoms with Crippen molar-refractivity contribution in [1.29, 1.82) is 0 Å². The molecule has 0 heterocycles. The summed E-state index contributed by atoms with van der Waals surface area (Å²) in [4.78, 5) is 13.7. The molecule has 0 bridgehead atoms. The maximum atomic E-state index is 11.4. The molecule has 0 aliphatic carbocycles. The Kier molecular flexibility index (Phi) is 6.06. The van der Waals surface area contributed by atoms with Gasteiger partial charge in [0.15, 0.2) is 0 Å². The van der Waals surface area contributed by atoms with Crippen LogP contribution in [0.3, 0.4) is 0 Å².